The van der Waals surface area contributed by atoms with Gasteiger partial charge in [0.2, 0.25) is 5.91 Å². The van der Waals surface area contributed by atoms with E-state index in [1.54, 1.807) is 21.6 Å². The van der Waals surface area contributed by atoms with Crippen molar-refractivity contribution >= 4 is 22.9 Å². The van der Waals surface area contributed by atoms with Crippen LogP contribution >= 0.6 is 0 Å². The second kappa shape index (κ2) is 9.27. The summed E-state index contributed by atoms with van der Waals surface area (Å²) in [7, 11) is 3.66. The SMILES string of the molecule is CN(C)c1ncnc2c1ncn2[C@@H]1O[C@H](CO)[C@@H](NC(=O)C(N)Cc2ccc(O)cc2)[C@H]1O. The Kier molecular flexibility index (Phi) is 6.42. The van der Waals surface area contributed by atoms with Gasteiger partial charge in [-0.15, -0.1) is 0 Å². The average Bonchev–Trinajstić information content (AvgIpc) is 3.36. The van der Waals surface area contributed by atoms with Crippen molar-refractivity contribution < 1.29 is 24.9 Å². The fourth-order valence-corrected chi connectivity index (χ4v) is 3.91. The number of hydrogen-bond acceptors (Lipinski definition) is 10. The molecule has 5 atom stereocenters. The third kappa shape index (κ3) is 4.46. The molecule has 0 saturated carbocycles. The maximum absolute atomic E-state index is 12.7. The molecule has 2 aromatic heterocycles. The van der Waals surface area contributed by atoms with Crippen molar-refractivity contribution in [3.05, 3.63) is 42.5 Å². The van der Waals surface area contributed by atoms with Crippen LogP contribution < -0.4 is 16.0 Å². The average molecular weight is 457 g/mol. The number of imidazole rings is 1. The number of nitrogens with one attached hydrogen (secondary N) is 1. The van der Waals surface area contributed by atoms with Gasteiger partial charge < -0.3 is 36.0 Å². The van der Waals surface area contributed by atoms with E-state index in [2.05, 4.69) is 20.3 Å². The first-order chi connectivity index (χ1) is 15.8. The van der Waals surface area contributed by atoms with E-state index in [1.165, 1.54) is 24.8 Å². The standard InChI is InChI=1S/C21H27N7O5/c1-27(2)18-16-19(24-9-23-18)28(10-25-16)21-17(31)15(14(8-29)33-21)26-20(32)13(22)7-11-3-5-12(30)6-4-11/h3-6,9-10,13-15,17,21,29-31H,7-8,22H2,1-2H3,(H,26,32)/t13?,14-,15-,17-,21-/m1/s1. The first-order valence-electron chi connectivity index (χ1n) is 10.4. The lowest BCUT2D eigenvalue weighted by atomic mass is 10.0. The van der Waals surface area contributed by atoms with Gasteiger partial charge in [-0.3, -0.25) is 9.36 Å². The van der Waals surface area contributed by atoms with Crippen LogP contribution in [0.15, 0.2) is 36.9 Å². The molecular weight excluding hydrogens is 430 g/mol. The fourth-order valence-electron chi connectivity index (χ4n) is 3.91. The van der Waals surface area contributed by atoms with Crippen LogP contribution in [0.4, 0.5) is 5.82 Å². The summed E-state index contributed by atoms with van der Waals surface area (Å²) >= 11 is 0. The number of aromatic nitrogens is 4. The van der Waals surface area contributed by atoms with Crippen molar-refractivity contribution in [2.75, 3.05) is 25.6 Å². The largest absolute Gasteiger partial charge is 0.508 e. The molecule has 1 aliphatic heterocycles. The van der Waals surface area contributed by atoms with Gasteiger partial charge in [-0.05, 0) is 24.1 Å². The topological polar surface area (TPSA) is 172 Å². The van der Waals surface area contributed by atoms with Gasteiger partial charge in [-0.1, -0.05) is 12.1 Å². The molecule has 12 nitrogen and oxygen atoms in total. The molecule has 4 rings (SSSR count). The molecular formula is C21H27N7O5. The van der Waals surface area contributed by atoms with Gasteiger partial charge >= 0.3 is 0 Å². The molecule has 6 N–H and O–H groups in total. The van der Waals surface area contributed by atoms with Crippen molar-refractivity contribution in [2.24, 2.45) is 5.73 Å². The highest BCUT2D eigenvalue weighted by atomic mass is 16.5. The number of aliphatic hydroxyl groups is 2. The Hall–Kier alpha value is -3.32. The molecule has 1 amide bonds. The van der Waals surface area contributed by atoms with Gasteiger partial charge in [0.25, 0.3) is 0 Å². The molecule has 12 heteroatoms. The quantitative estimate of drug-likeness (QED) is 0.293. The maximum atomic E-state index is 12.7. The molecule has 0 spiro atoms. The van der Waals surface area contributed by atoms with Crippen LogP contribution in [0, 0.1) is 0 Å². The maximum Gasteiger partial charge on any atom is 0.237 e. The zero-order chi connectivity index (χ0) is 23.7. The lowest BCUT2D eigenvalue weighted by Gasteiger charge is -2.23. The fraction of sp³-hybridized carbons (Fsp3) is 0.429. The minimum atomic E-state index is -1.19. The van der Waals surface area contributed by atoms with Crippen molar-refractivity contribution in [1.29, 1.82) is 0 Å². The number of aromatic hydroxyl groups is 1. The number of nitrogens with two attached hydrogens (primary N) is 1. The highest BCUT2D eigenvalue weighted by Gasteiger charge is 2.46. The number of aliphatic hydroxyl groups excluding tert-OH is 2. The number of nitrogens with zero attached hydrogens (tertiary/aromatic N) is 5. The summed E-state index contributed by atoms with van der Waals surface area (Å²) in [5.41, 5.74) is 7.80. The van der Waals surface area contributed by atoms with E-state index >= 15 is 0 Å². The second-order valence-corrected chi connectivity index (χ2v) is 8.17. The molecule has 0 bridgehead atoms. The summed E-state index contributed by atoms with van der Waals surface area (Å²) in [5.74, 6) is 0.229. The Morgan fingerprint density at radius 2 is 2.00 bits per heavy atom. The Labute approximate surface area is 189 Å². The Morgan fingerprint density at radius 1 is 1.27 bits per heavy atom. The van der Waals surface area contributed by atoms with Crippen LogP contribution in [0.5, 0.6) is 5.75 Å². The number of carbonyl (C=O) groups is 1. The van der Waals surface area contributed by atoms with E-state index in [1.807, 2.05) is 14.1 Å². The summed E-state index contributed by atoms with van der Waals surface area (Å²) in [5, 5.41) is 32.9. The molecule has 176 valence electrons. The first kappa shape index (κ1) is 22.9. The van der Waals surface area contributed by atoms with Crippen molar-refractivity contribution in [3.63, 3.8) is 0 Å². The summed E-state index contributed by atoms with van der Waals surface area (Å²) < 4.78 is 7.42. The van der Waals surface area contributed by atoms with Gasteiger partial charge in [0.05, 0.1) is 25.0 Å². The van der Waals surface area contributed by atoms with Crippen LogP contribution in [-0.4, -0.2) is 85.7 Å². The Balaban J connectivity index is 1.51. The number of phenolic OH excluding ortho intramolecular Hbond substituents is 1. The minimum Gasteiger partial charge on any atom is -0.508 e. The van der Waals surface area contributed by atoms with Crippen LogP contribution in [-0.2, 0) is 16.0 Å². The Bertz CT molecular complexity index is 1120. The van der Waals surface area contributed by atoms with E-state index in [9.17, 15) is 20.1 Å². The predicted molar refractivity (Wildman–Crippen MR) is 118 cm³/mol. The summed E-state index contributed by atoms with van der Waals surface area (Å²) in [6.07, 6.45) is 0.122. The molecule has 3 aromatic rings. The summed E-state index contributed by atoms with van der Waals surface area (Å²) in [4.78, 5) is 27.4. The lowest BCUT2D eigenvalue weighted by molar-refractivity contribution is -0.124. The number of anilines is 1. The molecule has 0 aliphatic carbocycles. The number of amides is 1. The van der Waals surface area contributed by atoms with E-state index in [4.69, 9.17) is 10.5 Å². The van der Waals surface area contributed by atoms with Crippen molar-refractivity contribution in [2.45, 2.75) is 36.9 Å². The van der Waals surface area contributed by atoms with Gasteiger partial charge in [-0.25, -0.2) is 15.0 Å². The predicted octanol–water partition coefficient (Wildman–Crippen LogP) is -1.10. The van der Waals surface area contributed by atoms with Crippen molar-refractivity contribution in [1.82, 2.24) is 24.8 Å². The number of hydrogen-bond donors (Lipinski definition) is 5. The number of ether oxygens (including phenoxy) is 1. The Morgan fingerprint density at radius 3 is 2.67 bits per heavy atom. The monoisotopic (exact) mass is 457 g/mol. The number of phenols is 1. The zero-order valence-corrected chi connectivity index (χ0v) is 18.2. The molecule has 3 heterocycles. The lowest BCUT2D eigenvalue weighted by Crippen LogP contribution is -2.53. The minimum absolute atomic E-state index is 0.120. The molecule has 33 heavy (non-hydrogen) atoms. The first-order valence-corrected chi connectivity index (χ1v) is 10.4. The highest BCUT2D eigenvalue weighted by Crippen LogP contribution is 2.32. The van der Waals surface area contributed by atoms with E-state index < -0.39 is 43.0 Å². The van der Waals surface area contributed by atoms with E-state index in [-0.39, 0.29) is 12.2 Å². The van der Waals surface area contributed by atoms with Crippen LogP contribution in [0.3, 0.4) is 0 Å². The number of benzene rings is 1. The number of rotatable bonds is 7. The smallest absolute Gasteiger partial charge is 0.237 e. The van der Waals surface area contributed by atoms with Crippen LogP contribution in [0.1, 0.15) is 11.8 Å². The van der Waals surface area contributed by atoms with Crippen LogP contribution in [0.25, 0.3) is 11.2 Å². The van der Waals surface area contributed by atoms with Crippen molar-refractivity contribution in [3.8, 4) is 5.75 Å². The molecule has 1 fully saturated rings. The highest BCUT2D eigenvalue weighted by molar-refractivity contribution is 5.83. The van der Waals surface area contributed by atoms with E-state index in [0.717, 1.165) is 5.56 Å². The molecule has 1 aliphatic rings. The van der Waals surface area contributed by atoms with Gasteiger partial charge in [0.15, 0.2) is 23.2 Å². The molecule has 1 unspecified atom stereocenters. The normalized spacial score (nSPS) is 23.5. The molecule has 1 saturated heterocycles. The molecule has 1 aromatic carbocycles. The molecule has 0 radical (unpaired) electrons. The number of carbonyl (C=O) groups excluding carboxylic acids is 1. The number of fused-ring (bicyclic) bond motifs is 1. The van der Waals surface area contributed by atoms with Gasteiger partial charge in [0.1, 0.15) is 24.3 Å². The van der Waals surface area contributed by atoms with Crippen LogP contribution in [0.2, 0.25) is 0 Å². The third-order valence-electron chi connectivity index (χ3n) is 5.63. The van der Waals surface area contributed by atoms with E-state index in [0.29, 0.717) is 17.0 Å². The summed E-state index contributed by atoms with van der Waals surface area (Å²) in [6, 6.07) is 4.59. The van der Waals surface area contributed by atoms with Gasteiger partial charge in [-0.2, -0.15) is 0 Å². The van der Waals surface area contributed by atoms with Gasteiger partial charge in [0, 0.05) is 14.1 Å². The second-order valence-electron chi connectivity index (χ2n) is 8.17. The summed E-state index contributed by atoms with van der Waals surface area (Å²) in [6.45, 7) is -0.420. The zero-order valence-electron chi connectivity index (χ0n) is 18.2. The third-order valence-corrected chi connectivity index (χ3v) is 5.63.